The van der Waals surface area contributed by atoms with Gasteiger partial charge in [0.05, 0.1) is 0 Å². The van der Waals surface area contributed by atoms with Crippen LogP contribution in [0.3, 0.4) is 0 Å². The van der Waals surface area contributed by atoms with Gasteiger partial charge in [0.1, 0.15) is 6.54 Å². The van der Waals surface area contributed by atoms with Crippen LogP contribution in [0.4, 0.5) is 11.4 Å². The van der Waals surface area contributed by atoms with E-state index in [1.807, 2.05) is 19.1 Å². The van der Waals surface area contributed by atoms with Crippen LogP contribution in [0.1, 0.15) is 26.3 Å². The molecular formula is C18H27N3O2. The van der Waals surface area contributed by atoms with Crippen molar-refractivity contribution in [3.05, 3.63) is 36.4 Å². The molecule has 1 rings (SSSR count). The number of carbonyl (C=O) groups is 2. The standard InChI is InChI=1S/C18H27N3O2/c1-6-11-19-18(23)13-21(15(5)22)17-10-9-16(12-14(17)4)20(7-2)8-3/h6,9-10,12H,1,7-8,11,13H2,2-5H3,(H,19,23). The summed E-state index contributed by atoms with van der Waals surface area (Å²) >= 11 is 0. The van der Waals surface area contributed by atoms with Gasteiger partial charge in [-0.3, -0.25) is 9.59 Å². The molecule has 1 aromatic carbocycles. The smallest absolute Gasteiger partial charge is 0.240 e. The lowest BCUT2D eigenvalue weighted by Gasteiger charge is -2.26. The van der Waals surface area contributed by atoms with Gasteiger partial charge in [-0.2, -0.15) is 0 Å². The zero-order chi connectivity index (χ0) is 17.4. The van der Waals surface area contributed by atoms with Gasteiger partial charge in [0, 0.05) is 37.9 Å². The Labute approximate surface area is 139 Å². The first-order valence-electron chi connectivity index (χ1n) is 7.95. The normalized spacial score (nSPS) is 10.1. The van der Waals surface area contributed by atoms with E-state index in [2.05, 4.69) is 36.7 Å². The molecule has 1 aromatic rings. The molecule has 2 amide bonds. The molecule has 0 saturated heterocycles. The molecule has 0 spiro atoms. The molecule has 0 heterocycles. The lowest BCUT2D eigenvalue weighted by atomic mass is 10.1. The van der Waals surface area contributed by atoms with E-state index in [-0.39, 0.29) is 18.4 Å². The Kier molecular flexibility index (Phi) is 7.32. The monoisotopic (exact) mass is 317 g/mol. The van der Waals surface area contributed by atoms with E-state index in [1.54, 1.807) is 6.08 Å². The molecule has 0 aromatic heterocycles. The highest BCUT2D eigenvalue weighted by atomic mass is 16.2. The molecule has 1 N–H and O–H groups in total. The third-order valence-electron chi connectivity index (χ3n) is 3.73. The number of nitrogens with zero attached hydrogens (tertiary/aromatic N) is 2. The molecular weight excluding hydrogens is 290 g/mol. The summed E-state index contributed by atoms with van der Waals surface area (Å²) < 4.78 is 0. The van der Waals surface area contributed by atoms with E-state index in [4.69, 9.17) is 0 Å². The van der Waals surface area contributed by atoms with Crippen molar-refractivity contribution >= 4 is 23.2 Å². The van der Waals surface area contributed by atoms with Crippen LogP contribution in [0.25, 0.3) is 0 Å². The first kappa shape index (κ1) is 18.7. The molecule has 0 saturated carbocycles. The van der Waals surface area contributed by atoms with Gasteiger partial charge < -0.3 is 15.1 Å². The second kappa shape index (κ2) is 8.98. The summed E-state index contributed by atoms with van der Waals surface area (Å²) in [7, 11) is 0. The van der Waals surface area contributed by atoms with Gasteiger partial charge in [-0.1, -0.05) is 6.08 Å². The van der Waals surface area contributed by atoms with E-state index in [0.29, 0.717) is 6.54 Å². The van der Waals surface area contributed by atoms with E-state index >= 15 is 0 Å². The number of rotatable bonds is 8. The predicted molar refractivity (Wildman–Crippen MR) is 96.0 cm³/mol. The average Bonchev–Trinajstić information content (AvgIpc) is 2.52. The number of carbonyl (C=O) groups excluding carboxylic acids is 2. The summed E-state index contributed by atoms with van der Waals surface area (Å²) in [4.78, 5) is 27.6. The lowest BCUT2D eigenvalue weighted by molar-refractivity contribution is -0.122. The van der Waals surface area contributed by atoms with Gasteiger partial charge >= 0.3 is 0 Å². The molecule has 5 nitrogen and oxygen atoms in total. The van der Waals surface area contributed by atoms with Gasteiger partial charge in [0.25, 0.3) is 0 Å². The zero-order valence-electron chi connectivity index (χ0n) is 14.6. The fourth-order valence-corrected chi connectivity index (χ4v) is 2.48. The highest BCUT2D eigenvalue weighted by Crippen LogP contribution is 2.25. The molecule has 0 unspecified atom stereocenters. The molecule has 0 aliphatic rings. The van der Waals surface area contributed by atoms with Crippen LogP contribution in [0, 0.1) is 6.92 Å². The molecule has 0 aliphatic heterocycles. The fraction of sp³-hybridized carbons (Fsp3) is 0.444. The zero-order valence-corrected chi connectivity index (χ0v) is 14.6. The number of amides is 2. The minimum absolute atomic E-state index is 0.00856. The van der Waals surface area contributed by atoms with Crippen LogP contribution in [0.2, 0.25) is 0 Å². The summed E-state index contributed by atoms with van der Waals surface area (Å²) in [5.74, 6) is -0.357. The maximum absolute atomic E-state index is 12.0. The Morgan fingerprint density at radius 3 is 2.39 bits per heavy atom. The Bertz CT molecular complexity index is 565. The van der Waals surface area contributed by atoms with Gasteiger partial charge in [0.15, 0.2) is 0 Å². The largest absolute Gasteiger partial charge is 0.372 e. The summed E-state index contributed by atoms with van der Waals surface area (Å²) in [6.07, 6.45) is 1.61. The van der Waals surface area contributed by atoms with Gasteiger partial charge in [0.2, 0.25) is 11.8 Å². The summed E-state index contributed by atoms with van der Waals surface area (Å²) in [5, 5.41) is 2.70. The lowest BCUT2D eigenvalue weighted by Crippen LogP contribution is -2.40. The topological polar surface area (TPSA) is 52.7 Å². The van der Waals surface area contributed by atoms with Crippen LogP contribution in [-0.2, 0) is 9.59 Å². The minimum Gasteiger partial charge on any atom is -0.372 e. The number of nitrogens with one attached hydrogen (secondary N) is 1. The maximum atomic E-state index is 12.0. The van der Waals surface area contributed by atoms with Gasteiger partial charge in [-0.05, 0) is 44.5 Å². The van der Waals surface area contributed by atoms with E-state index in [0.717, 1.165) is 30.0 Å². The van der Waals surface area contributed by atoms with Crippen LogP contribution in [0.15, 0.2) is 30.9 Å². The number of hydrogen-bond donors (Lipinski definition) is 1. The average molecular weight is 317 g/mol. The summed E-state index contributed by atoms with van der Waals surface area (Å²) in [5.41, 5.74) is 2.86. The van der Waals surface area contributed by atoms with Crippen molar-refractivity contribution in [2.24, 2.45) is 0 Å². The molecule has 0 fully saturated rings. The molecule has 23 heavy (non-hydrogen) atoms. The van der Waals surface area contributed by atoms with E-state index < -0.39 is 0 Å². The molecule has 0 aliphatic carbocycles. The maximum Gasteiger partial charge on any atom is 0.240 e. The molecule has 5 heteroatoms. The van der Waals surface area contributed by atoms with Crippen molar-refractivity contribution in [1.29, 1.82) is 0 Å². The van der Waals surface area contributed by atoms with Crippen LogP contribution < -0.4 is 15.1 Å². The second-order valence-corrected chi connectivity index (χ2v) is 5.34. The van der Waals surface area contributed by atoms with Crippen molar-refractivity contribution in [2.75, 3.05) is 36.0 Å². The van der Waals surface area contributed by atoms with Gasteiger partial charge in [-0.15, -0.1) is 6.58 Å². The van der Waals surface area contributed by atoms with Crippen molar-refractivity contribution in [1.82, 2.24) is 5.32 Å². The highest BCUT2D eigenvalue weighted by Gasteiger charge is 2.18. The minimum atomic E-state index is -0.202. The Morgan fingerprint density at radius 1 is 1.26 bits per heavy atom. The van der Waals surface area contributed by atoms with Crippen LogP contribution in [-0.4, -0.2) is 38.0 Å². The SMILES string of the molecule is C=CCNC(=O)CN(C(C)=O)c1ccc(N(CC)CC)cc1C. The van der Waals surface area contributed by atoms with Crippen molar-refractivity contribution < 1.29 is 9.59 Å². The molecule has 0 radical (unpaired) electrons. The Hall–Kier alpha value is -2.30. The van der Waals surface area contributed by atoms with Crippen LogP contribution in [0.5, 0.6) is 0 Å². The van der Waals surface area contributed by atoms with Crippen LogP contribution >= 0.6 is 0 Å². The van der Waals surface area contributed by atoms with Crippen molar-refractivity contribution in [2.45, 2.75) is 27.7 Å². The summed E-state index contributed by atoms with van der Waals surface area (Å²) in [6, 6.07) is 5.96. The number of anilines is 2. The molecule has 0 bridgehead atoms. The highest BCUT2D eigenvalue weighted by molar-refractivity contribution is 5.98. The molecule has 0 atom stereocenters. The first-order chi connectivity index (χ1) is 10.9. The Morgan fingerprint density at radius 2 is 1.91 bits per heavy atom. The third-order valence-corrected chi connectivity index (χ3v) is 3.73. The Balaban J connectivity index is 3.02. The van der Waals surface area contributed by atoms with Crippen molar-refractivity contribution in [3.63, 3.8) is 0 Å². The molecule has 126 valence electrons. The summed E-state index contributed by atoms with van der Waals surface area (Å²) in [6.45, 7) is 13.5. The second-order valence-electron chi connectivity index (χ2n) is 5.34. The van der Waals surface area contributed by atoms with E-state index in [9.17, 15) is 9.59 Å². The van der Waals surface area contributed by atoms with E-state index in [1.165, 1.54) is 11.8 Å². The third kappa shape index (κ3) is 5.13. The van der Waals surface area contributed by atoms with Gasteiger partial charge in [-0.25, -0.2) is 0 Å². The fourth-order valence-electron chi connectivity index (χ4n) is 2.48. The number of aryl methyl sites for hydroxylation is 1. The van der Waals surface area contributed by atoms with Crippen molar-refractivity contribution in [3.8, 4) is 0 Å². The predicted octanol–water partition coefficient (Wildman–Crippen LogP) is 2.50. The number of hydrogen-bond acceptors (Lipinski definition) is 3. The number of benzene rings is 1. The quantitative estimate of drug-likeness (QED) is 0.750. The first-order valence-corrected chi connectivity index (χ1v) is 7.95.